The SMILES string of the molecule is [3H]C1CCC(CC)C1. The van der Waals surface area contributed by atoms with E-state index in [0.29, 0.717) is 0 Å². The molecule has 1 aliphatic rings. The molecule has 1 aliphatic carbocycles. The second-order valence-electron chi connectivity index (χ2n) is 2.38. The van der Waals surface area contributed by atoms with Gasteiger partial charge in [0.25, 0.3) is 0 Å². The molecule has 2 atom stereocenters. The van der Waals surface area contributed by atoms with E-state index in [9.17, 15) is 0 Å². The van der Waals surface area contributed by atoms with Crippen LogP contribution >= 0.6 is 0 Å². The maximum atomic E-state index is 7.37. The van der Waals surface area contributed by atoms with Gasteiger partial charge < -0.3 is 0 Å². The molecule has 42 valence electrons. The zero-order chi connectivity index (χ0) is 5.98. The Balaban J connectivity index is 2.22. The van der Waals surface area contributed by atoms with E-state index in [-0.39, 0.29) is 6.40 Å². The number of rotatable bonds is 1. The van der Waals surface area contributed by atoms with E-state index >= 15 is 0 Å². The van der Waals surface area contributed by atoms with Gasteiger partial charge in [-0.15, -0.1) is 0 Å². The van der Waals surface area contributed by atoms with Crippen molar-refractivity contribution in [3.05, 3.63) is 0 Å². The normalized spacial score (nSPS) is 43.9. The van der Waals surface area contributed by atoms with E-state index in [0.717, 1.165) is 18.8 Å². The van der Waals surface area contributed by atoms with Gasteiger partial charge in [0, 0.05) is 1.37 Å². The molecule has 0 aromatic carbocycles. The molecular formula is C7H14. The van der Waals surface area contributed by atoms with Crippen molar-refractivity contribution in [2.75, 3.05) is 0 Å². The van der Waals surface area contributed by atoms with Crippen molar-refractivity contribution in [1.29, 1.82) is 0 Å². The Morgan fingerprint density at radius 1 is 1.71 bits per heavy atom. The van der Waals surface area contributed by atoms with Crippen LogP contribution in [0.1, 0.15) is 40.4 Å². The minimum Gasteiger partial charge on any atom is -0.0651 e. The summed E-state index contributed by atoms with van der Waals surface area (Å²) in [6.45, 7) is 2.22. The molecule has 1 rings (SSSR count). The highest BCUT2D eigenvalue weighted by Gasteiger charge is 2.11. The Morgan fingerprint density at radius 2 is 2.57 bits per heavy atom. The van der Waals surface area contributed by atoms with Gasteiger partial charge in [0.2, 0.25) is 0 Å². The van der Waals surface area contributed by atoms with Crippen LogP contribution in [-0.2, 0) is 0 Å². The first-order valence-corrected chi connectivity index (χ1v) is 3.25. The molecule has 0 spiro atoms. The smallest absolute Gasteiger partial charge is 0.0267 e. The third-order valence-electron chi connectivity index (χ3n) is 1.86. The summed E-state index contributed by atoms with van der Waals surface area (Å²) >= 11 is 0. The summed E-state index contributed by atoms with van der Waals surface area (Å²) in [7, 11) is 0. The molecule has 0 saturated heterocycles. The zero-order valence-corrected chi connectivity index (χ0v) is 4.98. The highest BCUT2D eigenvalue weighted by atomic mass is 14.2. The minimum absolute atomic E-state index is 0.278. The quantitative estimate of drug-likeness (QED) is 0.475. The number of hydrogen-bond donors (Lipinski definition) is 0. The Bertz CT molecular complexity index is 70.8. The first kappa shape index (κ1) is 3.94. The Morgan fingerprint density at radius 3 is 2.86 bits per heavy atom. The lowest BCUT2D eigenvalue weighted by molar-refractivity contribution is 0.531. The van der Waals surface area contributed by atoms with E-state index in [1.165, 1.54) is 12.8 Å². The van der Waals surface area contributed by atoms with Crippen LogP contribution in [0.5, 0.6) is 0 Å². The highest BCUT2D eigenvalue weighted by molar-refractivity contribution is 4.64. The average Bonchev–Trinajstić information content (AvgIpc) is 2.14. The summed E-state index contributed by atoms with van der Waals surface area (Å²) < 4.78 is 7.37. The Hall–Kier alpha value is 0. The van der Waals surface area contributed by atoms with Crippen molar-refractivity contribution in [1.82, 2.24) is 0 Å². The third kappa shape index (κ3) is 1.19. The van der Waals surface area contributed by atoms with E-state index in [1.807, 2.05) is 0 Å². The van der Waals surface area contributed by atoms with Gasteiger partial charge in [-0.3, -0.25) is 0 Å². The fourth-order valence-corrected chi connectivity index (χ4v) is 1.20. The van der Waals surface area contributed by atoms with Crippen LogP contribution in [0.25, 0.3) is 0 Å². The topological polar surface area (TPSA) is 0 Å². The summed E-state index contributed by atoms with van der Waals surface area (Å²) in [5.41, 5.74) is 0. The summed E-state index contributed by atoms with van der Waals surface area (Å²) in [6, 6.07) is 0. The average molecular weight is 100 g/mol. The van der Waals surface area contributed by atoms with Crippen LogP contribution in [0.2, 0.25) is 0 Å². The molecule has 0 heteroatoms. The highest BCUT2D eigenvalue weighted by Crippen LogP contribution is 2.26. The lowest BCUT2D eigenvalue weighted by Gasteiger charge is -1.99. The van der Waals surface area contributed by atoms with Crippen molar-refractivity contribution in [3.63, 3.8) is 0 Å². The lowest BCUT2D eigenvalue weighted by atomic mass is 10.1. The van der Waals surface area contributed by atoms with E-state index in [2.05, 4.69) is 6.92 Å². The minimum atomic E-state index is 0.278. The van der Waals surface area contributed by atoms with Crippen molar-refractivity contribution in [2.24, 2.45) is 5.92 Å². The van der Waals surface area contributed by atoms with Gasteiger partial charge in [-0.2, -0.15) is 0 Å². The van der Waals surface area contributed by atoms with E-state index < -0.39 is 0 Å². The summed E-state index contributed by atoms with van der Waals surface area (Å²) in [5.74, 6) is 0.887. The fraction of sp³-hybridized carbons (Fsp3) is 1.00. The lowest BCUT2D eigenvalue weighted by Crippen LogP contribution is -1.86. The maximum Gasteiger partial charge on any atom is 0.0267 e. The van der Waals surface area contributed by atoms with Crippen LogP contribution in [-0.4, -0.2) is 0 Å². The van der Waals surface area contributed by atoms with Gasteiger partial charge in [-0.1, -0.05) is 39.0 Å². The van der Waals surface area contributed by atoms with Gasteiger partial charge >= 0.3 is 0 Å². The molecule has 0 N–H and O–H groups in total. The van der Waals surface area contributed by atoms with E-state index in [1.54, 1.807) is 0 Å². The molecule has 0 aromatic heterocycles. The van der Waals surface area contributed by atoms with Crippen LogP contribution in [0, 0.1) is 5.92 Å². The second kappa shape index (κ2) is 2.34. The summed E-state index contributed by atoms with van der Waals surface area (Å²) in [6.07, 6.45) is 5.19. The molecule has 7 heavy (non-hydrogen) atoms. The largest absolute Gasteiger partial charge is 0.0651 e. The molecule has 1 saturated carbocycles. The van der Waals surface area contributed by atoms with Crippen LogP contribution in [0.15, 0.2) is 0 Å². The van der Waals surface area contributed by atoms with Gasteiger partial charge in [-0.05, 0) is 5.92 Å². The summed E-state index contributed by atoms with van der Waals surface area (Å²) in [4.78, 5) is 0. The molecule has 0 heterocycles. The van der Waals surface area contributed by atoms with Gasteiger partial charge in [0.05, 0.1) is 0 Å². The van der Waals surface area contributed by atoms with Crippen molar-refractivity contribution in [2.45, 2.75) is 39.0 Å². The second-order valence-corrected chi connectivity index (χ2v) is 2.38. The van der Waals surface area contributed by atoms with Gasteiger partial charge in [-0.25, -0.2) is 0 Å². The maximum absolute atomic E-state index is 7.37. The van der Waals surface area contributed by atoms with Gasteiger partial charge in [0.15, 0.2) is 0 Å². The van der Waals surface area contributed by atoms with Crippen LogP contribution in [0.3, 0.4) is 0 Å². The predicted molar refractivity (Wildman–Crippen MR) is 32.2 cm³/mol. The molecule has 0 nitrogen and oxygen atoms in total. The van der Waals surface area contributed by atoms with Crippen LogP contribution in [0.4, 0.5) is 0 Å². The molecule has 0 radical (unpaired) electrons. The molecule has 0 aliphatic heterocycles. The monoisotopic (exact) mass is 100 g/mol. The van der Waals surface area contributed by atoms with Gasteiger partial charge in [0.1, 0.15) is 0 Å². The van der Waals surface area contributed by atoms with Crippen LogP contribution < -0.4 is 0 Å². The first-order valence-electron chi connectivity index (χ1n) is 3.83. The number of hydrogen-bond acceptors (Lipinski definition) is 0. The zero-order valence-electron chi connectivity index (χ0n) is 5.98. The molecule has 0 bridgehead atoms. The third-order valence-corrected chi connectivity index (χ3v) is 1.86. The molecular weight excluding hydrogens is 84.1 g/mol. The van der Waals surface area contributed by atoms with Crippen molar-refractivity contribution < 1.29 is 1.37 Å². The van der Waals surface area contributed by atoms with Crippen molar-refractivity contribution >= 4 is 0 Å². The Kier molecular flexibility index (Phi) is 1.32. The Labute approximate surface area is 47.3 Å². The van der Waals surface area contributed by atoms with E-state index in [4.69, 9.17) is 1.37 Å². The molecule has 2 unspecified atom stereocenters. The first-order chi connectivity index (χ1) is 3.83. The molecule has 0 amide bonds. The molecule has 1 fully saturated rings. The molecule has 0 aromatic rings. The predicted octanol–water partition coefficient (Wildman–Crippen LogP) is 2.59. The van der Waals surface area contributed by atoms with Crippen molar-refractivity contribution in [3.8, 4) is 0 Å². The summed E-state index contributed by atoms with van der Waals surface area (Å²) in [5, 5.41) is 0. The fourth-order valence-electron chi connectivity index (χ4n) is 1.20. The standard InChI is InChI=1S/C7H14/c1-2-7-5-3-4-6-7/h7H,2-6H2,1H3/i3T.